The van der Waals surface area contributed by atoms with Gasteiger partial charge in [-0.2, -0.15) is 0 Å². The number of anilines is 1. The minimum absolute atomic E-state index is 0.0703. The summed E-state index contributed by atoms with van der Waals surface area (Å²) in [5.41, 5.74) is 2.96. The third-order valence-corrected chi connectivity index (χ3v) is 6.02. The van der Waals surface area contributed by atoms with Crippen LogP contribution in [0.25, 0.3) is 0 Å². The maximum absolute atomic E-state index is 12.5. The van der Waals surface area contributed by atoms with Crippen LogP contribution in [0.5, 0.6) is 0 Å². The van der Waals surface area contributed by atoms with E-state index in [1.165, 1.54) is 5.56 Å². The second-order valence-electron chi connectivity index (χ2n) is 7.76. The lowest BCUT2D eigenvalue weighted by molar-refractivity contribution is -0.137. The number of aryl methyl sites for hydroxylation is 3. The number of hydrogen-bond donors (Lipinski definition) is 2. The molecule has 8 heteroatoms. The molecule has 0 saturated heterocycles. The molecule has 2 aromatic heterocycles. The highest BCUT2D eigenvalue weighted by Crippen LogP contribution is 2.27. The zero-order valence-electron chi connectivity index (χ0n) is 17.2. The van der Waals surface area contributed by atoms with Gasteiger partial charge in [-0.15, -0.1) is 0 Å². The Balaban J connectivity index is 1.50. The van der Waals surface area contributed by atoms with E-state index in [0.717, 1.165) is 54.6 Å². The molecule has 2 aromatic rings. The van der Waals surface area contributed by atoms with Gasteiger partial charge in [0.05, 0.1) is 12.1 Å². The molecule has 0 spiro atoms. The number of halogens is 1. The van der Waals surface area contributed by atoms with Gasteiger partial charge in [-0.25, -0.2) is 15.0 Å². The summed E-state index contributed by atoms with van der Waals surface area (Å²) in [5.74, 6) is 0.355. The third kappa shape index (κ3) is 6.32. The van der Waals surface area contributed by atoms with E-state index >= 15 is 0 Å². The zero-order chi connectivity index (χ0) is 21.5. The first-order chi connectivity index (χ1) is 14.4. The van der Waals surface area contributed by atoms with E-state index in [-0.39, 0.29) is 18.6 Å². The molecule has 160 valence electrons. The summed E-state index contributed by atoms with van der Waals surface area (Å²) < 4.78 is 1.03. The van der Waals surface area contributed by atoms with Gasteiger partial charge in [-0.3, -0.25) is 9.59 Å². The van der Waals surface area contributed by atoms with Crippen molar-refractivity contribution < 1.29 is 14.7 Å². The van der Waals surface area contributed by atoms with Crippen molar-refractivity contribution in [3.05, 3.63) is 45.6 Å². The number of nitrogens with one attached hydrogen (secondary N) is 1. The van der Waals surface area contributed by atoms with E-state index in [9.17, 15) is 14.7 Å². The summed E-state index contributed by atoms with van der Waals surface area (Å²) >= 11 is 3.62. The van der Waals surface area contributed by atoms with Gasteiger partial charge in [-0.1, -0.05) is 0 Å². The molecular formula is C22H27BrN4O3. The van der Waals surface area contributed by atoms with Crippen LogP contribution in [0.1, 0.15) is 67.1 Å². The minimum Gasteiger partial charge on any atom is -0.481 e. The number of rotatable bonds is 10. The van der Waals surface area contributed by atoms with E-state index in [0.29, 0.717) is 17.8 Å². The average Bonchev–Trinajstić information content (AvgIpc) is 2.71. The predicted octanol–water partition coefficient (Wildman–Crippen LogP) is 4.23. The molecule has 7 nitrogen and oxygen atoms in total. The number of nitrogens with zero attached hydrogens (tertiary/aromatic N) is 3. The molecule has 2 N–H and O–H groups in total. The molecular weight excluding hydrogens is 448 g/mol. The number of aromatic nitrogens is 3. The van der Waals surface area contributed by atoms with Crippen LogP contribution >= 0.6 is 15.9 Å². The summed E-state index contributed by atoms with van der Waals surface area (Å²) in [5, 5.41) is 12.5. The van der Waals surface area contributed by atoms with Crippen molar-refractivity contribution >= 4 is 33.5 Å². The Hall–Kier alpha value is -2.35. The topological polar surface area (TPSA) is 105 Å². The molecule has 1 atom stereocenters. The number of pyridine rings is 1. The van der Waals surface area contributed by atoms with Crippen LogP contribution in [0, 0.1) is 6.92 Å². The van der Waals surface area contributed by atoms with Gasteiger partial charge in [0.1, 0.15) is 17.4 Å². The zero-order valence-corrected chi connectivity index (χ0v) is 18.7. The summed E-state index contributed by atoms with van der Waals surface area (Å²) in [6.07, 6.45) is 8.35. The number of aliphatic carboxylic acids is 1. The molecule has 0 fully saturated rings. The lowest BCUT2D eigenvalue weighted by Crippen LogP contribution is -2.14. The van der Waals surface area contributed by atoms with Crippen molar-refractivity contribution in [2.45, 2.75) is 64.2 Å². The molecule has 0 unspecified atom stereocenters. The molecule has 0 saturated carbocycles. The van der Waals surface area contributed by atoms with Crippen molar-refractivity contribution in [1.82, 2.24) is 15.0 Å². The second-order valence-corrected chi connectivity index (χ2v) is 8.62. The molecule has 1 aliphatic rings. The van der Waals surface area contributed by atoms with E-state index in [1.54, 1.807) is 19.3 Å². The van der Waals surface area contributed by atoms with Crippen LogP contribution in [-0.4, -0.2) is 38.4 Å². The summed E-state index contributed by atoms with van der Waals surface area (Å²) in [7, 11) is 0. The fraction of sp³-hybridized carbons (Fsp3) is 0.500. The highest BCUT2D eigenvalue weighted by atomic mass is 79.9. The van der Waals surface area contributed by atoms with Gasteiger partial charge >= 0.3 is 5.97 Å². The third-order valence-electron chi connectivity index (χ3n) is 5.33. The van der Waals surface area contributed by atoms with Gasteiger partial charge in [0, 0.05) is 42.2 Å². The number of ketones is 1. The van der Waals surface area contributed by atoms with Gasteiger partial charge < -0.3 is 10.4 Å². The van der Waals surface area contributed by atoms with Gasteiger partial charge in [0.25, 0.3) is 0 Å². The number of carbonyl (C=O) groups excluding carboxylic acids is 1. The Labute approximate surface area is 184 Å². The Morgan fingerprint density at radius 1 is 1.23 bits per heavy atom. The Kier molecular flexibility index (Phi) is 7.90. The van der Waals surface area contributed by atoms with Crippen LogP contribution in [0.4, 0.5) is 5.82 Å². The Morgan fingerprint density at radius 3 is 2.73 bits per heavy atom. The molecule has 0 radical (unpaired) electrons. The summed E-state index contributed by atoms with van der Waals surface area (Å²) in [6, 6.07) is 2.15. The number of carboxylic acids is 1. The molecule has 0 aromatic carbocycles. The quantitative estimate of drug-likeness (QED) is 0.496. The number of fused-ring (bicyclic) bond motifs is 1. The van der Waals surface area contributed by atoms with Crippen LogP contribution in [-0.2, 0) is 22.4 Å². The molecule has 3 heterocycles. The standard InChI is InChI=1S/C22H27BrN4O3/c1-14-25-12-17(13-26-14)16(11-21(29)30)9-18(28)6-2-3-7-20-19(23)10-15-5-4-8-24-22(15)27-20/h10,12-13,16H,2-9,11H2,1H3,(H,24,27)(H,29,30)/t16-/m0/s1. The lowest BCUT2D eigenvalue weighted by atomic mass is 9.91. The highest BCUT2D eigenvalue weighted by molar-refractivity contribution is 9.10. The largest absolute Gasteiger partial charge is 0.481 e. The SMILES string of the molecule is Cc1ncc([C@H](CC(=O)O)CC(=O)CCCCc2nc3c(cc2Br)CCCN3)cn1. The van der Waals surface area contributed by atoms with Crippen LogP contribution < -0.4 is 5.32 Å². The first kappa shape index (κ1) is 22.3. The van der Waals surface area contributed by atoms with E-state index in [2.05, 4.69) is 37.3 Å². The van der Waals surface area contributed by atoms with Crippen molar-refractivity contribution in [3.63, 3.8) is 0 Å². The lowest BCUT2D eigenvalue weighted by Gasteiger charge is -2.18. The Morgan fingerprint density at radius 2 is 2.00 bits per heavy atom. The monoisotopic (exact) mass is 474 g/mol. The summed E-state index contributed by atoms with van der Waals surface area (Å²) in [6.45, 7) is 2.73. The van der Waals surface area contributed by atoms with Crippen molar-refractivity contribution in [1.29, 1.82) is 0 Å². The maximum atomic E-state index is 12.5. The van der Waals surface area contributed by atoms with Crippen LogP contribution in [0.3, 0.4) is 0 Å². The van der Waals surface area contributed by atoms with E-state index in [4.69, 9.17) is 4.98 Å². The van der Waals surface area contributed by atoms with Gasteiger partial charge in [-0.05, 0) is 72.2 Å². The molecule has 0 bridgehead atoms. The van der Waals surface area contributed by atoms with Crippen molar-refractivity contribution in [3.8, 4) is 0 Å². The number of Topliss-reactive ketones (excluding diaryl/α,β-unsaturated/α-hetero) is 1. The first-order valence-electron chi connectivity index (χ1n) is 10.4. The highest BCUT2D eigenvalue weighted by Gasteiger charge is 2.20. The molecule has 3 rings (SSSR count). The number of carbonyl (C=O) groups is 2. The average molecular weight is 475 g/mol. The molecule has 0 aliphatic carbocycles. The van der Waals surface area contributed by atoms with Crippen LogP contribution in [0.2, 0.25) is 0 Å². The minimum atomic E-state index is -0.926. The molecule has 30 heavy (non-hydrogen) atoms. The maximum Gasteiger partial charge on any atom is 0.303 e. The molecule has 0 amide bonds. The smallest absolute Gasteiger partial charge is 0.303 e. The molecule has 1 aliphatic heterocycles. The van der Waals surface area contributed by atoms with Gasteiger partial charge in [0.15, 0.2) is 0 Å². The fourth-order valence-electron chi connectivity index (χ4n) is 3.69. The van der Waals surface area contributed by atoms with Crippen molar-refractivity contribution in [2.24, 2.45) is 0 Å². The van der Waals surface area contributed by atoms with Crippen LogP contribution in [0.15, 0.2) is 22.9 Å². The predicted molar refractivity (Wildman–Crippen MR) is 118 cm³/mol. The summed E-state index contributed by atoms with van der Waals surface area (Å²) in [4.78, 5) is 36.7. The van der Waals surface area contributed by atoms with E-state index in [1.807, 2.05) is 0 Å². The number of carboxylic acid groups (broad SMARTS) is 1. The second kappa shape index (κ2) is 10.6. The fourth-order valence-corrected chi connectivity index (χ4v) is 4.26. The first-order valence-corrected chi connectivity index (χ1v) is 11.2. The number of unbranched alkanes of at least 4 members (excludes halogenated alkanes) is 1. The van der Waals surface area contributed by atoms with Gasteiger partial charge in [0.2, 0.25) is 0 Å². The number of hydrogen-bond acceptors (Lipinski definition) is 6. The normalized spacial score (nSPS) is 13.9. The Bertz CT molecular complexity index is 902. The van der Waals surface area contributed by atoms with E-state index < -0.39 is 11.9 Å². The van der Waals surface area contributed by atoms with Crippen molar-refractivity contribution in [2.75, 3.05) is 11.9 Å².